The second kappa shape index (κ2) is 6.45. The molecule has 3 rings (SSSR count). The molecule has 1 saturated heterocycles. The Morgan fingerprint density at radius 3 is 2.44 bits per heavy atom. The van der Waals surface area contributed by atoms with Gasteiger partial charge in [-0.25, -0.2) is 0 Å². The molecule has 0 unspecified atom stereocenters. The molecule has 25 heavy (non-hydrogen) atoms. The van der Waals surface area contributed by atoms with Crippen LogP contribution in [-0.2, 0) is 4.79 Å². The maximum atomic E-state index is 12.8. The Hall–Kier alpha value is -3.06. The van der Waals surface area contributed by atoms with E-state index in [4.69, 9.17) is 12.2 Å². The number of hydrogen-bond donors (Lipinski definition) is 1. The van der Waals surface area contributed by atoms with Crippen molar-refractivity contribution in [2.75, 3.05) is 4.90 Å². The Bertz CT molecular complexity index is 917. The van der Waals surface area contributed by atoms with E-state index in [0.717, 1.165) is 16.8 Å². The number of carbonyl (C=O) groups is 1. The largest absolute Gasteiger partial charge is 0.327 e. The smallest absolute Gasteiger partial charge is 0.281 e. The van der Waals surface area contributed by atoms with Crippen molar-refractivity contribution in [3.8, 4) is 0 Å². The number of non-ortho nitro benzene ring substituents is 1. The van der Waals surface area contributed by atoms with Gasteiger partial charge in [-0.2, -0.15) is 0 Å². The van der Waals surface area contributed by atoms with E-state index in [0.29, 0.717) is 10.7 Å². The highest BCUT2D eigenvalue weighted by Crippen LogP contribution is 2.29. The van der Waals surface area contributed by atoms with Gasteiger partial charge in [0.05, 0.1) is 10.6 Å². The average molecular weight is 353 g/mol. The van der Waals surface area contributed by atoms with E-state index in [1.54, 1.807) is 18.2 Å². The van der Waals surface area contributed by atoms with Gasteiger partial charge in [0, 0.05) is 12.1 Å². The molecule has 1 aliphatic heterocycles. The SMILES string of the molecule is Cc1cccc(C)c1N1C(=O)/C(=C\c2cccc([N+](=O)[O-])c2)NC1=S. The second-order valence-corrected chi connectivity index (χ2v) is 6.11. The summed E-state index contributed by atoms with van der Waals surface area (Å²) >= 11 is 5.32. The summed E-state index contributed by atoms with van der Waals surface area (Å²) in [6, 6.07) is 11.8. The fraction of sp³-hybridized carbons (Fsp3) is 0.111. The molecule has 0 aromatic heterocycles. The minimum atomic E-state index is -0.473. The fourth-order valence-electron chi connectivity index (χ4n) is 2.79. The van der Waals surface area contributed by atoms with E-state index in [1.165, 1.54) is 17.0 Å². The normalized spacial score (nSPS) is 15.6. The highest BCUT2D eigenvalue weighted by Gasteiger charge is 2.33. The van der Waals surface area contributed by atoms with Crippen molar-refractivity contribution in [1.29, 1.82) is 0 Å². The summed E-state index contributed by atoms with van der Waals surface area (Å²) in [5.41, 5.74) is 3.44. The monoisotopic (exact) mass is 353 g/mol. The van der Waals surface area contributed by atoms with Crippen molar-refractivity contribution in [3.63, 3.8) is 0 Å². The van der Waals surface area contributed by atoms with Gasteiger partial charge in [-0.3, -0.25) is 19.8 Å². The van der Waals surface area contributed by atoms with Crippen LogP contribution in [0.2, 0.25) is 0 Å². The van der Waals surface area contributed by atoms with Gasteiger partial charge in [-0.15, -0.1) is 0 Å². The molecule has 1 N–H and O–H groups in total. The van der Waals surface area contributed by atoms with E-state index in [9.17, 15) is 14.9 Å². The molecule has 2 aromatic carbocycles. The molecule has 0 atom stereocenters. The molecule has 0 spiro atoms. The number of nitro benzene ring substituents is 1. The van der Waals surface area contributed by atoms with Gasteiger partial charge in [0.1, 0.15) is 5.70 Å². The van der Waals surface area contributed by atoms with Gasteiger partial charge >= 0.3 is 0 Å². The molecule has 0 saturated carbocycles. The molecule has 0 radical (unpaired) electrons. The summed E-state index contributed by atoms with van der Waals surface area (Å²) < 4.78 is 0. The van der Waals surface area contributed by atoms with Crippen LogP contribution in [0.4, 0.5) is 11.4 Å². The lowest BCUT2D eigenvalue weighted by Gasteiger charge is -2.19. The minimum Gasteiger partial charge on any atom is -0.327 e. The lowest BCUT2D eigenvalue weighted by atomic mass is 10.1. The molecule has 7 heteroatoms. The van der Waals surface area contributed by atoms with Gasteiger partial charge in [-0.05, 0) is 48.8 Å². The molecule has 0 aliphatic carbocycles. The molecule has 1 amide bonds. The number of carbonyl (C=O) groups excluding carboxylic acids is 1. The molecule has 6 nitrogen and oxygen atoms in total. The fourth-order valence-corrected chi connectivity index (χ4v) is 3.08. The van der Waals surface area contributed by atoms with Crippen LogP contribution in [-0.4, -0.2) is 15.9 Å². The number of thiocarbonyl (C=S) groups is 1. The van der Waals surface area contributed by atoms with E-state index in [2.05, 4.69) is 5.32 Å². The van der Waals surface area contributed by atoms with Crippen molar-refractivity contribution < 1.29 is 9.72 Å². The number of anilines is 1. The summed E-state index contributed by atoms with van der Waals surface area (Å²) in [6.07, 6.45) is 1.56. The number of aryl methyl sites for hydroxylation is 2. The third kappa shape index (κ3) is 3.14. The van der Waals surface area contributed by atoms with Crippen molar-refractivity contribution in [2.45, 2.75) is 13.8 Å². The van der Waals surface area contributed by atoms with Gasteiger partial charge in [0.15, 0.2) is 5.11 Å². The Balaban J connectivity index is 1.99. The second-order valence-electron chi connectivity index (χ2n) is 5.72. The van der Waals surface area contributed by atoms with Crippen LogP contribution in [0.3, 0.4) is 0 Å². The molecule has 2 aromatic rings. The minimum absolute atomic E-state index is 0.0334. The summed E-state index contributed by atoms with van der Waals surface area (Å²) in [5, 5.41) is 14.1. The number of nitro groups is 1. The van der Waals surface area contributed by atoms with Crippen LogP contribution in [0.15, 0.2) is 48.2 Å². The first kappa shape index (κ1) is 16.8. The summed E-state index contributed by atoms with van der Waals surface area (Å²) in [6.45, 7) is 3.83. The van der Waals surface area contributed by atoms with Crippen LogP contribution >= 0.6 is 12.2 Å². The van der Waals surface area contributed by atoms with Gasteiger partial charge < -0.3 is 5.32 Å². The summed E-state index contributed by atoms with van der Waals surface area (Å²) in [5.74, 6) is -0.283. The molecule has 1 heterocycles. The van der Waals surface area contributed by atoms with E-state index >= 15 is 0 Å². The first-order chi connectivity index (χ1) is 11.9. The van der Waals surface area contributed by atoms with Gasteiger partial charge in [0.25, 0.3) is 11.6 Å². The van der Waals surface area contributed by atoms with Gasteiger partial charge in [0.2, 0.25) is 0 Å². The topological polar surface area (TPSA) is 75.5 Å². The number of para-hydroxylation sites is 1. The average Bonchev–Trinajstić information content (AvgIpc) is 2.82. The number of rotatable bonds is 3. The maximum absolute atomic E-state index is 12.8. The molecular weight excluding hydrogens is 338 g/mol. The molecule has 0 bridgehead atoms. The van der Waals surface area contributed by atoms with Crippen molar-refractivity contribution >= 4 is 40.7 Å². The van der Waals surface area contributed by atoms with Gasteiger partial charge in [-0.1, -0.05) is 30.3 Å². The van der Waals surface area contributed by atoms with E-state index in [-0.39, 0.29) is 17.3 Å². The number of nitrogens with zero attached hydrogens (tertiary/aromatic N) is 2. The number of nitrogens with one attached hydrogen (secondary N) is 1. The van der Waals surface area contributed by atoms with E-state index < -0.39 is 4.92 Å². The van der Waals surface area contributed by atoms with E-state index in [1.807, 2.05) is 32.0 Å². The molecular formula is C18H15N3O3S. The standard InChI is InChI=1S/C18H15N3O3S/c1-11-5-3-6-12(2)16(11)20-17(22)15(19-18(20)25)10-13-7-4-8-14(9-13)21(23)24/h3-10H,1-2H3,(H,19,25)/b15-10+. The van der Waals surface area contributed by atoms with Crippen molar-refractivity contribution in [3.05, 3.63) is 75.0 Å². The summed E-state index contributed by atoms with van der Waals surface area (Å²) in [4.78, 5) is 24.7. The van der Waals surface area contributed by atoms with Crippen molar-refractivity contribution in [2.24, 2.45) is 0 Å². The molecule has 1 aliphatic rings. The number of hydrogen-bond acceptors (Lipinski definition) is 4. The first-order valence-electron chi connectivity index (χ1n) is 7.56. The first-order valence-corrected chi connectivity index (χ1v) is 7.97. The van der Waals surface area contributed by atoms with Crippen LogP contribution < -0.4 is 10.2 Å². The predicted molar refractivity (Wildman–Crippen MR) is 100 cm³/mol. The zero-order chi connectivity index (χ0) is 18.1. The lowest BCUT2D eigenvalue weighted by molar-refractivity contribution is -0.384. The Morgan fingerprint density at radius 2 is 1.80 bits per heavy atom. The number of benzene rings is 2. The van der Waals surface area contributed by atoms with Crippen LogP contribution in [0.5, 0.6) is 0 Å². The van der Waals surface area contributed by atoms with Crippen LogP contribution in [0, 0.1) is 24.0 Å². The summed E-state index contributed by atoms with van der Waals surface area (Å²) in [7, 11) is 0. The zero-order valence-electron chi connectivity index (χ0n) is 13.6. The highest BCUT2D eigenvalue weighted by molar-refractivity contribution is 7.80. The zero-order valence-corrected chi connectivity index (χ0v) is 14.5. The van der Waals surface area contributed by atoms with Crippen molar-refractivity contribution in [1.82, 2.24) is 5.32 Å². The molecule has 1 fully saturated rings. The maximum Gasteiger partial charge on any atom is 0.281 e. The third-order valence-corrected chi connectivity index (χ3v) is 4.22. The van der Waals surface area contributed by atoms with Crippen LogP contribution in [0.1, 0.15) is 16.7 Å². The quantitative estimate of drug-likeness (QED) is 0.396. The number of amides is 1. The Kier molecular flexibility index (Phi) is 4.33. The third-order valence-electron chi connectivity index (χ3n) is 3.93. The van der Waals surface area contributed by atoms with Crippen LogP contribution in [0.25, 0.3) is 6.08 Å². The molecule has 126 valence electrons. The Morgan fingerprint density at radius 1 is 1.16 bits per heavy atom. The highest BCUT2D eigenvalue weighted by atomic mass is 32.1. The predicted octanol–water partition coefficient (Wildman–Crippen LogP) is 3.47. The lowest BCUT2D eigenvalue weighted by Crippen LogP contribution is -2.31. The Labute approximate surface area is 149 Å².